The van der Waals surface area contributed by atoms with Gasteiger partial charge in [-0.25, -0.2) is 4.68 Å². The zero-order valence-electron chi connectivity index (χ0n) is 25.3. The molecule has 1 aromatic heterocycles. The van der Waals surface area contributed by atoms with Crippen LogP contribution >= 0.6 is 15.9 Å². The van der Waals surface area contributed by atoms with Gasteiger partial charge < -0.3 is 14.0 Å². The van der Waals surface area contributed by atoms with Crippen LogP contribution in [-0.2, 0) is 39.5 Å². The van der Waals surface area contributed by atoms with E-state index in [1.807, 2.05) is 48.9 Å². The quantitative estimate of drug-likeness (QED) is 0.117. The number of nitrogens with zero attached hydrogens (tertiary/aromatic N) is 4. The number of unbranched alkanes of at least 4 members (excludes halogenated alkanes) is 1. The van der Waals surface area contributed by atoms with Gasteiger partial charge in [-0.05, 0) is 92.1 Å². The lowest BCUT2D eigenvalue weighted by Crippen LogP contribution is -2.37. The number of benzene rings is 3. The van der Waals surface area contributed by atoms with E-state index in [-0.39, 0.29) is 49.5 Å². The smallest absolute Gasteiger partial charge is 0.385 e. The number of phenolic OH excluding ortho intramolecular Hbond substituents is 1. The molecule has 1 unspecified atom stereocenters. The number of esters is 1. The fourth-order valence-electron chi connectivity index (χ4n) is 5.77. The predicted molar refractivity (Wildman–Crippen MR) is 171 cm³/mol. The number of carbonyl (C=O) groups excluding carboxylic acids is 1. The van der Waals surface area contributed by atoms with E-state index in [1.54, 1.807) is 13.8 Å². The number of halogens is 1. The lowest BCUT2D eigenvalue weighted by Gasteiger charge is -2.29. The maximum absolute atomic E-state index is 13.2. The Morgan fingerprint density at radius 2 is 1.91 bits per heavy atom. The molecule has 44 heavy (non-hydrogen) atoms. The molecule has 0 bridgehead atoms. The summed E-state index contributed by atoms with van der Waals surface area (Å²) in [5, 5.41) is 19.9. The van der Waals surface area contributed by atoms with Crippen LogP contribution in [0.25, 0.3) is 11.0 Å². The standard InChI is InChI=1S/C32H37BrN4O6S/c1-5-42-30(39)17-28(27-10-11-29-31(22(27)4)34-35-37(29)13-7-6-12-33)23-9-8-20(2)24(15-23)18-36-19-25-16-26(38)14-21(3)32(25)43-44(36,40)41/h8-11,14-16,28,38H,5-7,12-13,17-19H2,1-4H3. The van der Waals surface area contributed by atoms with Crippen LogP contribution in [0.5, 0.6) is 11.5 Å². The second kappa shape index (κ2) is 13.3. The van der Waals surface area contributed by atoms with Crippen molar-refractivity contribution in [1.82, 2.24) is 19.3 Å². The van der Waals surface area contributed by atoms with Crippen LogP contribution in [0.3, 0.4) is 0 Å². The number of aromatic hydroxyl groups is 1. The van der Waals surface area contributed by atoms with Gasteiger partial charge in [-0.3, -0.25) is 4.79 Å². The SMILES string of the molecule is CCOC(=O)CC(c1ccc(C)c(CN2Cc3cc(O)cc(C)c3OS2(=O)=O)c1)c1ccc2c(nnn2CCCCBr)c1C. The van der Waals surface area contributed by atoms with Gasteiger partial charge in [0.15, 0.2) is 5.75 Å². The van der Waals surface area contributed by atoms with Gasteiger partial charge in [0, 0.05) is 36.4 Å². The normalized spacial score (nSPS) is 15.1. The summed E-state index contributed by atoms with van der Waals surface area (Å²) < 4.78 is 40.3. The molecule has 1 atom stereocenters. The van der Waals surface area contributed by atoms with Crippen LogP contribution in [0, 0.1) is 20.8 Å². The molecule has 0 fully saturated rings. The molecule has 0 aliphatic carbocycles. The van der Waals surface area contributed by atoms with Crippen molar-refractivity contribution in [3.05, 3.63) is 81.4 Å². The van der Waals surface area contributed by atoms with Crippen molar-refractivity contribution in [2.24, 2.45) is 0 Å². The number of rotatable bonds is 11. The van der Waals surface area contributed by atoms with Crippen molar-refractivity contribution in [2.75, 3.05) is 11.9 Å². The second-order valence-electron chi connectivity index (χ2n) is 11.2. The minimum absolute atomic E-state index is 0.0513. The average molecular weight is 686 g/mol. The Morgan fingerprint density at radius 1 is 1.11 bits per heavy atom. The van der Waals surface area contributed by atoms with E-state index in [0.717, 1.165) is 63.6 Å². The fraction of sp³-hybridized carbons (Fsp3) is 0.406. The summed E-state index contributed by atoms with van der Waals surface area (Å²) in [6.07, 6.45) is 2.13. The van der Waals surface area contributed by atoms with Gasteiger partial charge in [-0.15, -0.1) is 5.10 Å². The second-order valence-corrected chi connectivity index (χ2v) is 13.5. The largest absolute Gasteiger partial charge is 0.508 e. The van der Waals surface area contributed by atoms with E-state index in [2.05, 4.69) is 26.2 Å². The van der Waals surface area contributed by atoms with Gasteiger partial charge >= 0.3 is 16.3 Å². The number of carbonyl (C=O) groups is 1. The van der Waals surface area contributed by atoms with Crippen LogP contribution in [0.1, 0.15) is 71.0 Å². The van der Waals surface area contributed by atoms with Crippen molar-refractivity contribution in [2.45, 2.75) is 72.5 Å². The van der Waals surface area contributed by atoms with E-state index < -0.39 is 10.3 Å². The number of aromatic nitrogens is 3. The predicted octanol–water partition coefficient (Wildman–Crippen LogP) is 5.96. The zero-order valence-corrected chi connectivity index (χ0v) is 27.7. The number of aryl methyl sites for hydroxylation is 4. The van der Waals surface area contributed by atoms with Crippen LogP contribution in [0.4, 0.5) is 0 Å². The van der Waals surface area contributed by atoms with E-state index in [9.17, 15) is 18.3 Å². The minimum atomic E-state index is -4.08. The van der Waals surface area contributed by atoms with Gasteiger partial charge in [-0.1, -0.05) is 45.4 Å². The Morgan fingerprint density at radius 3 is 2.66 bits per heavy atom. The molecule has 0 saturated heterocycles. The molecule has 1 N–H and O–H groups in total. The highest BCUT2D eigenvalue weighted by molar-refractivity contribution is 9.09. The molecular formula is C32H37BrN4O6S. The molecule has 0 radical (unpaired) electrons. The third-order valence-electron chi connectivity index (χ3n) is 8.10. The Balaban J connectivity index is 1.51. The minimum Gasteiger partial charge on any atom is -0.508 e. The lowest BCUT2D eigenvalue weighted by molar-refractivity contribution is -0.143. The molecule has 4 aromatic rings. The summed E-state index contributed by atoms with van der Waals surface area (Å²) >= 11 is 3.48. The number of phenols is 1. The van der Waals surface area contributed by atoms with Gasteiger partial charge in [0.2, 0.25) is 0 Å². The third kappa shape index (κ3) is 6.62. The first-order valence-corrected chi connectivity index (χ1v) is 17.2. The summed E-state index contributed by atoms with van der Waals surface area (Å²) in [6.45, 7) is 8.55. The van der Waals surface area contributed by atoms with Gasteiger partial charge in [0.05, 0.1) is 18.5 Å². The molecule has 234 valence electrons. The average Bonchev–Trinajstić information content (AvgIpc) is 3.38. The molecule has 0 spiro atoms. The van der Waals surface area contributed by atoms with Crippen LogP contribution in [0.2, 0.25) is 0 Å². The molecule has 1 aliphatic heterocycles. The van der Waals surface area contributed by atoms with Crippen molar-refractivity contribution in [3.8, 4) is 11.5 Å². The number of hydrogen-bond donors (Lipinski definition) is 1. The van der Waals surface area contributed by atoms with Crippen LogP contribution in [-0.4, -0.2) is 50.7 Å². The van der Waals surface area contributed by atoms with Crippen molar-refractivity contribution in [1.29, 1.82) is 0 Å². The highest BCUT2D eigenvalue weighted by atomic mass is 79.9. The summed E-state index contributed by atoms with van der Waals surface area (Å²) in [7, 11) is -4.08. The maximum Gasteiger partial charge on any atom is 0.385 e. The van der Waals surface area contributed by atoms with E-state index >= 15 is 0 Å². The topological polar surface area (TPSA) is 124 Å². The zero-order chi connectivity index (χ0) is 31.6. The maximum atomic E-state index is 13.2. The monoisotopic (exact) mass is 684 g/mol. The lowest BCUT2D eigenvalue weighted by atomic mass is 9.84. The van der Waals surface area contributed by atoms with E-state index in [1.165, 1.54) is 16.4 Å². The highest BCUT2D eigenvalue weighted by Gasteiger charge is 2.33. The molecule has 0 amide bonds. The summed E-state index contributed by atoms with van der Waals surface area (Å²) in [5.41, 5.74) is 7.27. The van der Waals surface area contributed by atoms with Crippen LogP contribution < -0.4 is 4.18 Å². The number of fused-ring (bicyclic) bond motifs is 2. The summed E-state index contributed by atoms with van der Waals surface area (Å²) in [6, 6.07) is 12.9. The van der Waals surface area contributed by atoms with Crippen molar-refractivity contribution >= 4 is 43.2 Å². The molecule has 5 rings (SSSR count). The van der Waals surface area contributed by atoms with Crippen molar-refractivity contribution < 1.29 is 27.2 Å². The van der Waals surface area contributed by atoms with Crippen molar-refractivity contribution in [3.63, 3.8) is 0 Å². The number of alkyl halides is 1. The summed E-state index contributed by atoms with van der Waals surface area (Å²) in [4.78, 5) is 12.9. The first-order chi connectivity index (χ1) is 21.0. The Bertz CT molecular complexity index is 1810. The molecule has 3 aromatic carbocycles. The number of ether oxygens (including phenoxy) is 1. The Hall–Kier alpha value is -3.48. The number of hydrogen-bond acceptors (Lipinski definition) is 8. The molecule has 10 nitrogen and oxygen atoms in total. The molecule has 2 heterocycles. The first kappa shape index (κ1) is 31.9. The first-order valence-electron chi connectivity index (χ1n) is 14.7. The molecule has 12 heteroatoms. The van der Waals surface area contributed by atoms with E-state index in [4.69, 9.17) is 8.92 Å². The van der Waals surface area contributed by atoms with E-state index in [0.29, 0.717) is 11.1 Å². The summed E-state index contributed by atoms with van der Waals surface area (Å²) in [5.74, 6) is -0.373. The fourth-order valence-corrected chi connectivity index (χ4v) is 7.31. The van der Waals surface area contributed by atoms with Crippen LogP contribution in [0.15, 0.2) is 42.5 Å². The molecule has 0 saturated carbocycles. The highest BCUT2D eigenvalue weighted by Crippen LogP contribution is 2.38. The third-order valence-corrected chi connectivity index (χ3v) is 9.93. The van der Waals surface area contributed by atoms with Gasteiger partial charge in [-0.2, -0.15) is 12.7 Å². The van der Waals surface area contributed by atoms with Gasteiger partial charge in [0.25, 0.3) is 0 Å². The molecule has 1 aliphatic rings. The van der Waals surface area contributed by atoms with Gasteiger partial charge in [0.1, 0.15) is 11.3 Å². The Kier molecular flexibility index (Phi) is 9.62. The Labute approximate surface area is 266 Å². The molecular weight excluding hydrogens is 648 g/mol.